The van der Waals surface area contributed by atoms with Gasteiger partial charge in [0.15, 0.2) is 5.82 Å². The smallest absolute Gasteiger partial charge is 0.233 e. The highest BCUT2D eigenvalue weighted by Gasteiger charge is 2.31. The van der Waals surface area contributed by atoms with Crippen molar-refractivity contribution in [2.24, 2.45) is 0 Å². The third-order valence-electron chi connectivity index (χ3n) is 3.89. The van der Waals surface area contributed by atoms with E-state index in [1.54, 1.807) is 0 Å². The van der Waals surface area contributed by atoms with Crippen molar-refractivity contribution in [3.8, 4) is 5.75 Å². The second kappa shape index (κ2) is 7.73. The van der Waals surface area contributed by atoms with Crippen LogP contribution in [0.2, 0.25) is 0 Å². The Balaban J connectivity index is 1.53. The van der Waals surface area contributed by atoms with Gasteiger partial charge in [-0.05, 0) is 44.0 Å². The summed E-state index contributed by atoms with van der Waals surface area (Å²) in [5.74, 6) is 6.93. The molecule has 3 rings (SSSR count). The summed E-state index contributed by atoms with van der Waals surface area (Å²) >= 11 is 1.26. The molecule has 1 aliphatic rings. The van der Waals surface area contributed by atoms with Gasteiger partial charge in [-0.2, -0.15) is 0 Å². The van der Waals surface area contributed by atoms with Crippen LogP contribution in [-0.4, -0.2) is 44.0 Å². The lowest BCUT2D eigenvalue weighted by atomic mass is 10.3. The van der Waals surface area contributed by atoms with Gasteiger partial charge >= 0.3 is 0 Å². The topological polar surface area (TPSA) is 86.3 Å². The SMILES string of the molecule is CCN(C(=O)CSc1nnc(COc2ccc(F)cc2)n1N)C1CC1. The maximum absolute atomic E-state index is 12.9. The molecule has 134 valence electrons. The Hall–Kier alpha value is -2.29. The van der Waals surface area contributed by atoms with Crippen molar-refractivity contribution in [2.45, 2.75) is 37.6 Å². The van der Waals surface area contributed by atoms with Crippen molar-refractivity contribution >= 4 is 17.7 Å². The number of nitrogens with two attached hydrogens (primary N) is 1. The maximum Gasteiger partial charge on any atom is 0.233 e. The number of ether oxygens (including phenoxy) is 1. The number of halogens is 1. The van der Waals surface area contributed by atoms with E-state index in [0.29, 0.717) is 22.8 Å². The van der Waals surface area contributed by atoms with Gasteiger partial charge in [0.1, 0.15) is 18.2 Å². The average molecular weight is 365 g/mol. The lowest BCUT2D eigenvalue weighted by Gasteiger charge is -2.19. The lowest BCUT2D eigenvalue weighted by molar-refractivity contribution is -0.128. The number of benzene rings is 1. The third-order valence-corrected chi connectivity index (χ3v) is 4.82. The summed E-state index contributed by atoms with van der Waals surface area (Å²) < 4.78 is 19.7. The van der Waals surface area contributed by atoms with Crippen LogP contribution < -0.4 is 10.6 Å². The van der Waals surface area contributed by atoms with Crippen LogP contribution in [0.5, 0.6) is 5.75 Å². The molecular weight excluding hydrogens is 345 g/mol. The van der Waals surface area contributed by atoms with Gasteiger partial charge in [-0.25, -0.2) is 9.07 Å². The van der Waals surface area contributed by atoms with Crippen LogP contribution in [0.1, 0.15) is 25.6 Å². The average Bonchev–Trinajstić information content (AvgIpc) is 3.38. The highest BCUT2D eigenvalue weighted by molar-refractivity contribution is 7.99. The van der Waals surface area contributed by atoms with Gasteiger partial charge in [0.05, 0.1) is 5.75 Å². The number of hydrogen-bond donors (Lipinski definition) is 1. The molecule has 1 heterocycles. The predicted octanol–water partition coefficient (Wildman–Crippen LogP) is 1.81. The van der Waals surface area contributed by atoms with E-state index in [-0.39, 0.29) is 24.1 Å². The molecule has 0 bridgehead atoms. The second-order valence-electron chi connectivity index (χ2n) is 5.71. The molecule has 7 nitrogen and oxygen atoms in total. The zero-order valence-corrected chi connectivity index (χ0v) is 14.7. The number of amides is 1. The Kier molecular flexibility index (Phi) is 5.42. The summed E-state index contributed by atoms with van der Waals surface area (Å²) in [4.78, 5) is 14.1. The van der Waals surface area contributed by atoms with Crippen molar-refractivity contribution in [3.05, 3.63) is 35.9 Å². The largest absolute Gasteiger partial charge is 0.486 e. The van der Waals surface area contributed by atoms with E-state index in [2.05, 4.69) is 10.2 Å². The number of rotatable bonds is 8. The molecule has 0 atom stereocenters. The molecule has 0 unspecified atom stereocenters. The highest BCUT2D eigenvalue weighted by atomic mass is 32.2. The first-order valence-electron chi connectivity index (χ1n) is 8.08. The van der Waals surface area contributed by atoms with Crippen molar-refractivity contribution < 1.29 is 13.9 Å². The van der Waals surface area contributed by atoms with Gasteiger partial charge in [0.25, 0.3) is 0 Å². The van der Waals surface area contributed by atoms with Crippen LogP contribution in [0.25, 0.3) is 0 Å². The van der Waals surface area contributed by atoms with E-state index in [4.69, 9.17) is 10.6 Å². The van der Waals surface area contributed by atoms with Gasteiger partial charge < -0.3 is 15.5 Å². The minimum Gasteiger partial charge on any atom is -0.486 e. The maximum atomic E-state index is 12.9. The fourth-order valence-electron chi connectivity index (χ4n) is 2.42. The quantitative estimate of drug-likeness (QED) is 0.567. The van der Waals surface area contributed by atoms with Crippen LogP contribution in [0.4, 0.5) is 4.39 Å². The molecule has 1 saturated carbocycles. The second-order valence-corrected chi connectivity index (χ2v) is 6.65. The molecule has 0 radical (unpaired) electrons. The molecule has 2 N–H and O–H groups in total. The molecule has 0 aliphatic heterocycles. The normalized spacial score (nSPS) is 13.7. The van der Waals surface area contributed by atoms with Crippen LogP contribution in [-0.2, 0) is 11.4 Å². The Morgan fingerprint density at radius 2 is 2.12 bits per heavy atom. The standard InChI is InChI=1S/C16H20FN5O2S/c1-2-21(12-5-6-12)15(23)10-25-16-20-19-14(22(16)18)9-24-13-7-3-11(17)4-8-13/h3-4,7-8,12H,2,5-6,9-10,18H2,1H3. The number of nitrogens with zero attached hydrogens (tertiary/aromatic N) is 4. The van der Waals surface area contributed by atoms with E-state index < -0.39 is 0 Å². The number of hydrogen-bond acceptors (Lipinski definition) is 6. The van der Waals surface area contributed by atoms with E-state index in [0.717, 1.165) is 19.4 Å². The van der Waals surface area contributed by atoms with Crippen molar-refractivity contribution in [1.29, 1.82) is 0 Å². The number of nitrogen functional groups attached to an aromatic ring is 1. The Morgan fingerprint density at radius 1 is 1.40 bits per heavy atom. The number of carbonyl (C=O) groups excluding carboxylic acids is 1. The zero-order valence-electron chi connectivity index (χ0n) is 13.9. The van der Waals surface area contributed by atoms with Crippen LogP contribution >= 0.6 is 11.8 Å². The molecule has 25 heavy (non-hydrogen) atoms. The first-order valence-corrected chi connectivity index (χ1v) is 9.07. The molecule has 1 aromatic heterocycles. The fraction of sp³-hybridized carbons (Fsp3) is 0.438. The van der Waals surface area contributed by atoms with Gasteiger partial charge in [0, 0.05) is 12.6 Å². The first kappa shape index (κ1) is 17.5. The molecule has 1 amide bonds. The summed E-state index contributed by atoms with van der Waals surface area (Å²) in [7, 11) is 0. The molecule has 1 aliphatic carbocycles. The van der Waals surface area contributed by atoms with Gasteiger partial charge in [-0.3, -0.25) is 4.79 Å². The van der Waals surface area contributed by atoms with E-state index in [1.165, 1.54) is 40.7 Å². The van der Waals surface area contributed by atoms with E-state index in [9.17, 15) is 9.18 Å². The molecule has 1 fully saturated rings. The summed E-state index contributed by atoms with van der Waals surface area (Å²) in [6.45, 7) is 2.81. The number of aromatic nitrogens is 3. The summed E-state index contributed by atoms with van der Waals surface area (Å²) in [5, 5.41) is 8.44. The number of thioether (sulfide) groups is 1. The first-order chi connectivity index (χ1) is 12.1. The van der Waals surface area contributed by atoms with Crippen molar-refractivity contribution in [1.82, 2.24) is 19.8 Å². The Morgan fingerprint density at radius 3 is 2.76 bits per heavy atom. The monoisotopic (exact) mass is 365 g/mol. The minimum atomic E-state index is -0.329. The molecule has 9 heteroatoms. The molecule has 0 saturated heterocycles. The fourth-order valence-corrected chi connectivity index (χ4v) is 3.18. The molecule has 0 spiro atoms. The van der Waals surface area contributed by atoms with Gasteiger partial charge in [-0.15, -0.1) is 10.2 Å². The van der Waals surface area contributed by atoms with Crippen molar-refractivity contribution in [2.75, 3.05) is 18.1 Å². The third kappa shape index (κ3) is 4.41. The number of carbonyl (C=O) groups is 1. The van der Waals surface area contributed by atoms with E-state index >= 15 is 0 Å². The van der Waals surface area contributed by atoms with Crippen LogP contribution in [0.15, 0.2) is 29.4 Å². The van der Waals surface area contributed by atoms with Gasteiger partial charge in [0.2, 0.25) is 11.1 Å². The summed E-state index contributed by atoms with van der Waals surface area (Å²) in [6, 6.07) is 6.08. The Labute approximate surface area is 149 Å². The van der Waals surface area contributed by atoms with Gasteiger partial charge in [-0.1, -0.05) is 11.8 Å². The zero-order chi connectivity index (χ0) is 17.8. The molecule has 1 aromatic carbocycles. The Bertz CT molecular complexity index is 733. The molecule has 2 aromatic rings. The molecular formula is C16H20FN5O2S. The predicted molar refractivity (Wildman–Crippen MR) is 92.0 cm³/mol. The van der Waals surface area contributed by atoms with Crippen LogP contribution in [0, 0.1) is 5.82 Å². The summed E-state index contributed by atoms with van der Waals surface area (Å²) in [5.41, 5.74) is 0. The van der Waals surface area contributed by atoms with Crippen molar-refractivity contribution in [3.63, 3.8) is 0 Å². The minimum absolute atomic E-state index is 0.0853. The van der Waals surface area contributed by atoms with Crippen LogP contribution in [0.3, 0.4) is 0 Å². The highest BCUT2D eigenvalue weighted by Crippen LogP contribution is 2.27. The summed E-state index contributed by atoms with van der Waals surface area (Å²) in [6.07, 6.45) is 2.17. The lowest BCUT2D eigenvalue weighted by Crippen LogP contribution is -2.34. The van der Waals surface area contributed by atoms with E-state index in [1.807, 2.05) is 11.8 Å².